The lowest BCUT2D eigenvalue weighted by molar-refractivity contribution is -0.115. The molecule has 0 bridgehead atoms. The van der Waals surface area contributed by atoms with E-state index in [0.717, 1.165) is 10.0 Å². The van der Waals surface area contributed by atoms with E-state index in [1.165, 1.54) is 18.9 Å². The summed E-state index contributed by atoms with van der Waals surface area (Å²) in [4.78, 5) is 17.1. The second-order valence-corrected chi connectivity index (χ2v) is 7.77. The van der Waals surface area contributed by atoms with Crippen LogP contribution in [0, 0.1) is 6.92 Å². The number of aromatic hydroxyl groups is 1. The number of ether oxygens (including phenoxy) is 1. The molecule has 2 aromatic rings. The maximum atomic E-state index is 12.3. The van der Waals surface area contributed by atoms with Crippen molar-refractivity contribution in [3.05, 3.63) is 55.9 Å². The first kappa shape index (κ1) is 18.8. The normalized spacial score (nSPS) is 17.0. The largest absolute Gasteiger partial charge is 0.504 e. The number of amides is 1. The van der Waals surface area contributed by atoms with Gasteiger partial charge >= 0.3 is 0 Å². The third-order valence-corrected chi connectivity index (χ3v) is 5.46. The molecule has 1 saturated heterocycles. The molecule has 26 heavy (non-hydrogen) atoms. The van der Waals surface area contributed by atoms with Gasteiger partial charge in [-0.2, -0.15) is 0 Å². The summed E-state index contributed by atoms with van der Waals surface area (Å²) in [6.45, 7) is 1.87. The summed E-state index contributed by atoms with van der Waals surface area (Å²) in [5.41, 5.74) is 1.99. The number of amidine groups is 1. The lowest BCUT2D eigenvalue weighted by Gasteiger charge is -2.07. The van der Waals surface area contributed by atoms with Crippen LogP contribution in [-0.4, -0.2) is 23.3 Å². The zero-order valence-electron chi connectivity index (χ0n) is 13.8. The number of nitrogens with one attached hydrogen (secondary N) is 1. The van der Waals surface area contributed by atoms with Gasteiger partial charge in [-0.05, 0) is 54.6 Å². The van der Waals surface area contributed by atoms with Gasteiger partial charge in [0.1, 0.15) is 0 Å². The molecule has 3 rings (SSSR count). The Bertz CT molecular complexity index is 960. The first-order valence-electron chi connectivity index (χ1n) is 7.50. The van der Waals surface area contributed by atoms with E-state index >= 15 is 0 Å². The van der Waals surface area contributed by atoms with Crippen molar-refractivity contribution in [1.29, 1.82) is 0 Å². The number of nitrogens with zero attached hydrogens (tertiary/aromatic N) is 1. The van der Waals surface area contributed by atoms with Crippen molar-refractivity contribution in [2.24, 2.45) is 4.99 Å². The van der Waals surface area contributed by atoms with Crippen molar-refractivity contribution in [3.8, 4) is 11.5 Å². The van der Waals surface area contributed by atoms with Crippen molar-refractivity contribution >= 4 is 62.1 Å². The van der Waals surface area contributed by atoms with Crippen LogP contribution >= 0.6 is 39.3 Å². The highest BCUT2D eigenvalue weighted by atomic mass is 79.9. The number of aliphatic imine (C=N–C) groups is 1. The number of rotatable bonds is 3. The van der Waals surface area contributed by atoms with Gasteiger partial charge in [0, 0.05) is 15.1 Å². The van der Waals surface area contributed by atoms with Gasteiger partial charge < -0.3 is 15.2 Å². The third-order valence-electron chi connectivity index (χ3n) is 3.69. The molecule has 1 amide bonds. The van der Waals surface area contributed by atoms with Gasteiger partial charge in [-0.3, -0.25) is 4.79 Å². The van der Waals surface area contributed by atoms with Crippen LogP contribution in [0.4, 0.5) is 5.69 Å². The fourth-order valence-electron chi connectivity index (χ4n) is 2.31. The Morgan fingerprint density at radius 2 is 2.15 bits per heavy atom. The Kier molecular flexibility index (Phi) is 5.60. The molecule has 5 nitrogen and oxygen atoms in total. The summed E-state index contributed by atoms with van der Waals surface area (Å²) in [6, 6.07) is 8.77. The summed E-state index contributed by atoms with van der Waals surface area (Å²) in [6.07, 6.45) is 1.59. The zero-order valence-corrected chi connectivity index (χ0v) is 17.0. The fraction of sp³-hybridized carbons (Fsp3) is 0.111. The molecule has 2 N–H and O–H groups in total. The van der Waals surface area contributed by atoms with Crippen LogP contribution < -0.4 is 10.1 Å². The van der Waals surface area contributed by atoms with E-state index in [4.69, 9.17) is 16.3 Å². The van der Waals surface area contributed by atoms with E-state index in [9.17, 15) is 9.90 Å². The second-order valence-electron chi connectivity index (χ2n) is 5.41. The van der Waals surface area contributed by atoms with Gasteiger partial charge in [-0.15, -0.1) is 0 Å². The standard InChI is InChI=1S/C18H14BrClN2O3S/c1-9-12(20)4-3-5-13(9)21-18-22-17(24)15(26-18)7-10-6-11(19)8-14(25-2)16(10)23/h3-8,23H,1-2H3,(H,21,22,24)/b15-7-. The molecule has 1 fully saturated rings. The number of methoxy groups -OCH3 is 1. The Labute approximate surface area is 168 Å². The molecule has 8 heteroatoms. The first-order chi connectivity index (χ1) is 12.4. The molecule has 2 aromatic carbocycles. The quantitative estimate of drug-likeness (QED) is 0.640. The highest BCUT2D eigenvalue weighted by Gasteiger charge is 2.25. The molecule has 0 radical (unpaired) electrons. The first-order valence-corrected chi connectivity index (χ1v) is 9.49. The molecular weight excluding hydrogens is 440 g/mol. The summed E-state index contributed by atoms with van der Waals surface area (Å²) in [5.74, 6) is -0.00230. The Balaban J connectivity index is 1.93. The molecule has 1 heterocycles. The number of benzene rings is 2. The summed E-state index contributed by atoms with van der Waals surface area (Å²) in [5, 5.41) is 14.0. The van der Waals surface area contributed by atoms with Crippen molar-refractivity contribution in [1.82, 2.24) is 5.32 Å². The molecule has 0 saturated carbocycles. The highest BCUT2D eigenvalue weighted by Crippen LogP contribution is 2.37. The van der Waals surface area contributed by atoms with Crippen LogP contribution in [0.15, 0.2) is 44.7 Å². The Morgan fingerprint density at radius 3 is 2.88 bits per heavy atom. The van der Waals surface area contributed by atoms with Crippen molar-refractivity contribution in [2.75, 3.05) is 7.11 Å². The Morgan fingerprint density at radius 1 is 1.38 bits per heavy atom. The van der Waals surface area contributed by atoms with Crippen LogP contribution in [0.5, 0.6) is 11.5 Å². The number of phenols is 1. The molecule has 134 valence electrons. The van der Waals surface area contributed by atoms with Crippen LogP contribution in [0.25, 0.3) is 6.08 Å². The predicted molar refractivity (Wildman–Crippen MR) is 109 cm³/mol. The molecule has 1 aliphatic rings. The van der Waals surface area contributed by atoms with Crippen LogP contribution in [0.3, 0.4) is 0 Å². The van der Waals surface area contributed by atoms with Gasteiger partial charge in [0.05, 0.1) is 17.7 Å². The van der Waals surface area contributed by atoms with Crippen LogP contribution in [0.2, 0.25) is 5.02 Å². The Hall–Kier alpha value is -1.96. The topological polar surface area (TPSA) is 70.9 Å². The molecule has 0 atom stereocenters. The molecule has 0 unspecified atom stereocenters. The number of thioether (sulfide) groups is 1. The minimum Gasteiger partial charge on any atom is -0.504 e. The van der Waals surface area contributed by atoms with Crippen LogP contribution in [0.1, 0.15) is 11.1 Å². The highest BCUT2D eigenvalue weighted by molar-refractivity contribution is 9.10. The van der Waals surface area contributed by atoms with Crippen molar-refractivity contribution in [3.63, 3.8) is 0 Å². The maximum Gasteiger partial charge on any atom is 0.264 e. The zero-order chi connectivity index (χ0) is 18.8. The fourth-order valence-corrected chi connectivity index (χ4v) is 3.76. The molecule has 0 aromatic heterocycles. The van der Waals surface area contributed by atoms with E-state index in [1.54, 1.807) is 30.3 Å². The van der Waals surface area contributed by atoms with E-state index in [1.807, 2.05) is 13.0 Å². The lowest BCUT2D eigenvalue weighted by Crippen LogP contribution is -2.19. The summed E-state index contributed by atoms with van der Waals surface area (Å²) >= 11 is 10.7. The van der Waals surface area contributed by atoms with Gasteiger partial charge in [0.15, 0.2) is 16.7 Å². The number of carbonyl (C=O) groups is 1. The minimum atomic E-state index is -0.285. The number of hydrogen-bond donors (Lipinski definition) is 2. The van der Waals surface area contributed by atoms with Gasteiger partial charge in [0.2, 0.25) is 0 Å². The third kappa shape index (κ3) is 3.90. The number of halogens is 2. The van der Waals surface area contributed by atoms with E-state index in [0.29, 0.717) is 32.1 Å². The SMILES string of the molecule is COc1cc(Br)cc(/C=C2\SC(=Nc3cccc(Cl)c3C)NC2=O)c1O. The van der Waals surface area contributed by atoms with Gasteiger partial charge in [-0.25, -0.2) is 4.99 Å². The smallest absolute Gasteiger partial charge is 0.264 e. The minimum absolute atomic E-state index is 0.0346. The van der Waals surface area contributed by atoms with E-state index in [-0.39, 0.29) is 11.7 Å². The molecular formula is C18H14BrClN2O3S. The monoisotopic (exact) mass is 452 g/mol. The molecule has 0 aliphatic carbocycles. The summed E-state index contributed by atoms with van der Waals surface area (Å²) < 4.78 is 5.86. The summed E-state index contributed by atoms with van der Waals surface area (Å²) in [7, 11) is 1.47. The average Bonchev–Trinajstić information content (AvgIpc) is 2.94. The predicted octanol–water partition coefficient (Wildman–Crippen LogP) is 5.02. The van der Waals surface area contributed by atoms with Crippen LogP contribution in [-0.2, 0) is 4.79 Å². The van der Waals surface area contributed by atoms with Gasteiger partial charge in [-0.1, -0.05) is 33.6 Å². The lowest BCUT2D eigenvalue weighted by atomic mass is 10.1. The number of hydrogen-bond acceptors (Lipinski definition) is 5. The van der Waals surface area contributed by atoms with E-state index < -0.39 is 0 Å². The van der Waals surface area contributed by atoms with Crippen molar-refractivity contribution in [2.45, 2.75) is 6.92 Å². The number of phenolic OH excluding ortho intramolecular Hbond substituents is 1. The van der Waals surface area contributed by atoms with Gasteiger partial charge in [0.25, 0.3) is 5.91 Å². The van der Waals surface area contributed by atoms with Crippen molar-refractivity contribution < 1.29 is 14.6 Å². The second kappa shape index (κ2) is 7.73. The molecule has 1 aliphatic heterocycles. The maximum absolute atomic E-state index is 12.3. The average molecular weight is 454 g/mol. The molecule has 0 spiro atoms. The van der Waals surface area contributed by atoms with E-state index in [2.05, 4.69) is 26.2 Å². The number of carbonyl (C=O) groups excluding carboxylic acids is 1.